The Kier molecular flexibility index (Phi) is 6.03. The molecule has 0 bridgehead atoms. The van der Waals surface area contributed by atoms with Gasteiger partial charge in [0.15, 0.2) is 18.1 Å². The number of nitrogens with zero attached hydrogens (tertiary/aromatic N) is 1. The van der Waals surface area contributed by atoms with E-state index in [4.69, 9.17) is 21.1 Å². The van der Waals surface area contributed by atoms with E-state index in [0.717, 1.165) is 0 Å². The van der Waals surface area contributed by atoms with Crippen molar-refractivity contribution < 1.29 is 19.4 Å². The number of carbonyl (C=O) groups is 1. The number of methoxy groups -OCH3 is 1. The average Bonchev–Trinajstić information content (AvgIpc) is 2.59. The Morgan fingerprint density at radius 3 is 2.62 bits per heavy atom. The summed E-state index contributed by atoms with van der Waals surface area (Å²) in [7, 11) is 1.46. The first-order chi connectivity index (χ1) is 11.5. The van der Waals surface area contributed by atoms with Crippen LogP contribution in [-0.4, -0.2) is 30.4 Å². The molecule has 0 saturated heterocycles. The maximum absolute atomic E-state index is 11.8. The van der Waals surface area contributed by atoms with E-state index in [1.165, 1.54) is 13.2 Å². The van der Waals surface area contributed by atoms with Crippen LogP contribution in [0.4, 0.5) is 0 Å². The van der Waals surface area contributed by atoms with Crippen LogP contribution >= 0.6 is 11.6 Å². The number of phenols is 1. The molecule has 0 fully saturated rings. The number of halogens is 1. The number of rotatable bonds is 6. The van der Waals surface area contributed by atoms with Crippen molar-refractivity contribution in [3.8, 4) is 17.2 Å². The van der Waals surface area contributed by atoms with E-state index in [1.54, 1.807) is 43.3 Å². The fourth-order valence-electron chi connectivity index (χ4n) is 1.83. The fourth-order valence-corrected chi connectivity index (χ4v) is 1.95. The SMILES string of the molecule is COc1cc(/C(C)=N/NC(=O)COc2ccc(Cl)cc2)ccc1O. The number of ether oxygens (including phenoxy) is 2. The van der Waals surface area contributed by atoms with Gasteiger partial charge >= 0.3 is 0 Å². The molecule has 126 valence electrons. The summed E-state index contributed by atoms with van der Waals surface area (Å²) < 4.78 is 10.4. The van der Waals surface area contributed by atoms with Gasteiger partial charge in [0, 0.05) is 10.6 Å². The van der Waals surface area contributed by atoms with Crippen molar-refractivity contribution in [1.29, 1.82) is 0 Å². The molecular weight excluding hydrogens is 332 g/mol. The highest BCUT2D eigenvalue weighted by atomic mass is 35.5. The zero-order chi connectivity index (χ0) is 17.5. The van der Waals surface area contributed by atoms with Crippen LogP contribution in [0.2, 0.25) is 5.02 Å². The standard InChI is InChI=1S/C17H17ClN2O4/c1-11(12-3-8-15(21)16(9-12)23-2)19-20-17(22)10-24-14-6-4-13(18)5-7-14/h3-9,21H,10H2,1-2H3,(H,20,22)/b19-11+. The summed E-state index contributed by atoms with van der Waals surface area (Å²) in [5, 5.41) is 14.2. The van der Waals surface area contributed by atoms with Gasteiger partial charge in [-0.05, 0) is 49.4 Å². The van der Waals surface area contributed by atoms with Crippen LogP contribution in [0.15, 0.2) is 47.6 Å². The van der Waals surface area contributed by atoms with Crippen LogP contribution in [0.5, 0.6) is 17.2 Å². The Morgan fingerprint density at radius 2 is 1.96 bits per heavy atom. The molecule has 0 aliphatic carbocycles. The fraction of sp³-hybridized carbons (Fsp3) is 0.176. The van der Waals surface area contributed by atoms with Gasteiger partial charge < -0.3 is 14.6 Å². The number of carbonyl (C=O) groups excluding carboxylic acids is 1. The predicted molar refractivity (Wildman–Crippen MR) is 92.0 cm³/mol. The van der Waals surface area contributed by atoms with Crippen molar-refractivity contribution in [1.82, 2.24) is 5.43 Å². The Hall–Kier alpha value is -2.73. The lowest BCUT2D eigenvalue weighted by atomic mass is 10.1. The van der Waals surface area contributed by atoms with E-state index in [9.17, 15) is 9.90 Å². The van der Waals surface area contributed by atoms with Gasteiger partial charge in [0.05, 0.1) is 12.8 Å². The number of amides is 1. The number of hydrogen-bond acceptors (Lipinski definition) is 5. The minimum Gasteiger partial charge on any atom is -0.504 e. The molecular formula is C17H17ClN2O4. The molecule has 7 heteroatoms. The third-order valence-corrected chi connectivity index (χ3v) is 3.38. The molecule has 0 aliphatic rings. The maximum Gasteiger partial charge on any atom is 0.277 e. The molecule has 6 nitrogen and oxygen atoms in total. The molecule has 2 N–H and O–H groups in total. The molecule has 0 radical (unpaired) electrons. The zero-order valence-electron chi connectivity index (χ0n) is 13.2. The summed E-state index contributed by atoms with van der Waals surface area (Å²) in [6.45, 7) is 1.56. The first-order valence-corrected chi connectivity index (χ1v) is 7.46. The highest BCUT2D eigenvalue weighted by molar-refractivity contribution is 6.30. The molecule has 2 aromatic rings. The Bertz CT molecular complexity index is 745. The van der Waals surface area contributed by atoms with Crippen molar-refractivity contribution >= 4 is 23.2 Å². The van der Waals surface area contributed by atoms with Gasteiger partial charge in [0.1, 0.15) is 5.75 Å². The van der Waals surface area contributed by atoms with E-state index in [0.29, 0.717) is 27.8 Å². The van der Waals surface area contributed by atoms with Gasteiger partial charge in [-0.1, -0.05) is 11.6 Å². The summed E-state index contributed by atoms with van der Waals surface area (Å²) in [5.41, 5.74) is 3.68. The van der Waals surface area contributed by atoms with Gasteiger partial charge in [-0.3, -0.25) is 4.79 Å². The van der Waals surface area contributed by atoms with Gasteiger partial charge in [0.25, 0.3) is 5.91 Å². The molecule has 24 heavy (non-hydrogen) atoms. The second-order valence-corrected chi connectivity index (χ2v) is 5.30. The van der Waals surface area contributed by atoms with Crippen molar-refractivity contribution in [2.24, 2.45) is 5.10 Å². The van der Waals surface area contributed by atoms with Crippen LogP contribution < -0.4 is 14.9 Å². The lowest BCUT2D eigenvalue weighted by molar-refractivity contribution is -0.123. The number of nitrogens with one attached hydrogen (secondary N) is 1. The van der Waals surface area contributed by atoms with Gasteiger partial charge in [-0.2, -0.15) is 5.10 Å². The third-order valence-electron chi connectivity index (χ3n) is 3.13. The van der Waals surface area contributed by atoms with E-state index in [-0.39, 0.29) is 12.4 Å². The Morgan fingerprint density at radius 1 is 1.25 bits per heavy atom. The minimum atomic E-state index is -0.393. The molecule has 2 aromatic carbocycles. The molecule has 0 spiro atoms. The number of aromatic hydroxyl groups is 1. The molecule has 0 heterocycles. The van der Waals surface area contributed by atoms with E-state index in [2.05, 4.69) is 10.5 Å². The van der Waals surface area contributed by atoms with Crippen molar-refractivity contribution in [2.75, 3.05) is 13.7 Å². The third kappa shape index (κ3) is 4.89. The molecule has 0 atom stereocenters. The largest absolute Gasteiger partial charge is 0.504 e. The molecule has 1 amide bonds. The molecule has 0 unspecified atom stereocenters. The van der Waals surface area contributed by atoms with Crippen molar-refractivity contribution in [3.63, 3.8) is 0 Å². The maximum atomic E-state index is 11.8. The molecule has 2 rings (SSSR count). The highest BCUT2D eigenvalue weighted by Gasteiger charge is 2.06. The zero-order valence-corrected chi connectivity index (χ0v) is 14.0. The number of phenolic OH excluding ortho intramolecular Hbond substituents is 1. The minimum absolute atomic E-state index is 0.0365. The number of benzene rings is 2. The first kappa shape index (κ1) is 17.6. The predicted octanol–water partition coefficient (Wildman–Crippen LogP) is 2.97. The van der Waals surface area contributed by atoms with Gasteiger partial charge in [-0.15, -0.1) is 0 Å². The number of hydrogen-bond donors (Lipinski definition) is 2. The summed E-state index contributed by atoms with van der Waals surface area (Å²) in [4.78, 5) is 11.8. The lowest BCUT2D eigenvalue weighted by Crippen LogP contribution is -2.25. The first-order valence-electron chi connectivity index (χ1n) is 7.08. The second-order valence-electron chi connectivity index (χ2n) is 4.86. The number of hydrazone groups is 1. The Labute approximate surface area is 144 Å². The normalized spacial score (nSPS) is 11.0. The highest BCUT2D eigenvalue weighted by Crippen LogP contribution is 2.26. The molecule has 0 saturated carbocycles. The summed E-state index contributed by atoms with van der Waals surface area (Å²) in [6, 6.07) is 11.5. The molecule has 0 aliphatic heterocycles. The summed E-state index contributed by atoms with van der Waals surface area (Å²) in [5.74, 6) is 0.516. The summed E-state index contributed by atoms with van der Waals surface area (Å²) >= 11 is 5.77. The average molecular weight is 349 g/mol. The second kappa shape index (κ2) is 8.21. The van der Waals surface area contributed by atoms with Crippen LogP contribution in [-0.2, 0) is 4.79 Å². The smallest absolute Gasteiger partial charge is 0.277 e. The van der Waals surface area contributed by atoms with E-state index in [1.807, 2.05) is 0 Å². The van der Waals surface area contributed by atoms with Crippen molar-refractivity contribution in [3.05, 3.63) is 53.1 Å². The van der Waals surface area contributed by atoms with Gasteiger partial charge in [0.2, 0.25) is 0 Å². The van der Waals surface area contributed by atoms with Crippen LogP contribution in [0.3, 0.4) is 0 Å². The monoisotopic (exact) mass is 348 g/mol. The van der Waals surface area contributed by atoms with Crippen molar-refractivity contribution in [2.45, 2.75) is 6.92 Å². The quantitative estimate of drug-likeness (QED) is 0.621. The van der Waals surface area contributed by atoms with Gasteiger partial charge in [-0.25, -0.2) is 5.43 Å². The topological polar surface area (TPSA) is 80.2 Å². The van der Waals surface area contributed by atoms with E-state index < -0.39 is 5.91 Å². The van der Waals surface area contributed by atoms with Crippen LogP contribution in [0.1, 0.15) is 12.5 Å². The van der Waals surface area contributed by atoms with E-state index >= 15 is 0 Å². The lowest BCUT2D eigenvalue weighted by Gasteiger charge is -2.07. The molecule has 0 aromatic heterocycles. The van der Waals surface area contributed by atoms with Crippen LogP contribution in [0, 0.1) is 0 Å². The van der Waals surface area contributed by atoms with Crippen LogP contribution in [0.25, 0.3) is 0 Å². The Balaban J connectivity index is 1.91. The summed E-state index contributed by atoms with van der Waals surface area (Å²) in [6.07, 6.45) is 0.